The van der Waals surface area contributed by atoms with Gasteiger partial charge >= 0.3 is 0 Å². The number of nitrogens with one attached hydrogen (secondary N) is 2. The summed E-state index contributed by atoms with van der Waals surface area (Å²) in [5, 5.41) is 15.2. The van der Waals surface area contributed by atoms with Crippen molar-refractivity contribution in [2.24, 2.45) is 0 Å². The van der Waals surface area contributed by atoms with Crippen molar-refractivity contribution in [3.8, 4) is 6.07 Å². The molecule has 0 amide bonds. The summed E-state index contributed by atoms with van der Waals surface area (Å²) in [4.78, 5) is 19.5. The van der Waals surface area contributed by atoms with Gasteiger partial charge in [0.15, 0.2) is 11.0 Å². The topological polar surface area (TPSA) is 90.7 Å². The van der Waals surface area contributed by atoms with Gasteiger partial charge in [-0.05, 0) is 27.7 Å². The van der Waals surface area contributed by atoms with Crippen molar-refractivity contribution in [2.75, 3.05) is 17.2 Å². The first-order chi connectivity index (χ1) is 9.29. The Balaban J connectivity index is 3.08. The molecule has 0 aliphatic heterocycles. The Kier molecular flexibility index (Phi) is 5.28. The lowest BCUT2D eigenvalue weighted by Crippen LogP contribution is -2.34. The van der Waals surface area contributed by atoms with Crippen LogP contribution in [0.15, 0.2) is 0 Å². The lowest BCUT2D eigenvalue weighted by molar-refractivity contribution is -0.117. The molecule has 0 saturated heterocycles. The normalized spacial score (nSPS) is 10.8. The van der Waals surface area contributed by atoms with Crippen LogP contribution in [0.1, 0.15) is 39.7 Å². The molecule has 0 atom stereocenters. The number of carbonyl (C=O) groups is 1. The van der Waals surface area contributed by atoms with Crippen LogP contribution >= 0.6 is 11.6 Å². The van der Waals surface area contributed by atoms with Gasteiger partial charge in [-0.15, -0.1) is 0 Å². The van der Waals surface area contributed by atoms with Crippen molar-refractivity contribution >= 4 is 29.2 Å². The highest BCUT2D eigenvalue weighted by atomic mass is 35.5. The Bertz CT molecular complexity index is 550. The molecular formula is C13H18ClN5O. The van der Waals surface area contributed by atoms with Gasteiger partial charge in [-0.3, -0.25) is 4.79 Å². The zero-order valence-electron chi connectivity index (χ0n) is 12.0. The molecule has 0 radical (unpaired) electrons. The quantitative estimate of drug-likeness (QED) is 0.784. The average molecular weight is 296 g/mol. The molecule has 6 nitrogen and oxygen atoms in total. The third kappa shape index (κ3) is 4.35. The van der Waals surface area contributed by atoms with Crippen LogP contribution in [-0.4, -0.2) is 27.8 Å². The molecule has 0 fully saturated rings. The molecule has 1 rings (SSSR count). The van der Waals surface area contributed by atoms with Gasteiger partial charge in [-0.1, -0.05) is 11.6 Å². The summed E-state index contributed by atoms with van der Waals surface area (Å²) in [5.74, 6) is 0.737. The molecular weight excluding hydrogens is 278 g/mol. The number of hydrogen-bond acceptors (Lipinski definition) is 6. The van der Waals surface area contributed by atoms with Crippen LogP contribution in [0.25, 0.3) is 0 Å². The van der Waals surface area contributed by atoms with Crippen LogP contribution < -0.4 is 10.6 Å². The zero-order valence-corrected chi connectivity index (χ0v) is 12.8. The Morgan fingerprint density at radius 2 is 2.10 bits per heavy atom. The van der Waals surface area contributed by atoms with Crippen molar-refractivity contribution in [1.82, 2.24) is 9.97 Å². The monoisotopic (exact) mass is 295 g/mol. The van der Waals surface area contributed by atoms with Crippen LogP contribution in [0.3, 0.4) is 0 Å². The van der Waals surface area contributed by atoms with E-state index in [0.717, 1.165) is 0 Å². The third-order valence-electron chi connectivity index (χ3n) is 2.46. The second kappa shape index (κ2) is 6.53. The van der Waals surface area contributed by atoms with Crippen LogP contribution in [0.5, 0.6) is 0 Å². The molecule has 1 aromatic heterocycles. The third-order valence-corrected chi connectivity index (χ3v) is 2.74. The number of ketones is 1. The summed E-state index contributed by atoms with van der Waals surface area (Å²) in [7, 11) is 0. The summed E-state index contributed by atoms with van der Waals surface area (Å²) < 4.78 is 0. The van der Waals surface area contributed by atoms with Crippen molar-refractivity contribution in [3.63, 3.8) is 0 Å². The predicted octanol–water partition coefficient (Wildman–Crippen LogP) is 2.60. The Labute approximate surface area is 123 Å². The van der Waals surface area contributed by atoms with E-state index >= 15 is 0 Å². The smallest absolute Gasteiger partial charge is 0.226 e. The SMILES string of the molecule is CCNc1nc(NC(C)(C)CC(C)=O)nc(Cl)c1C#N. The minimum Gasteiger partial charge on any atom is -0.369 e. The van der Waals surface area contributed by atoms with E-state index in [4.69, 9.17) is 16.9 Å². The Morgan fingerprint density at radius 3 is 2.60 bits per heavy atom. The Hall–Kier alpha value is -1.87. The van der Waals surface area contributed by atoms with E-state index in [1.54, 1.807) is 0 Å². The molecule has 1 heterocycles. The maximum absolute atomic E-state index is 11.2. The molecule has 0 aliphatic carbocycles. The molecule has 0 aliphatic rings. The van der Waals surface area contributed by atoms with Gasteiger partial charge < -0.3 is 10.6 Å². The second-order valence-electron chi connectivity index (χ2n) is 5.09. The first-order valence-electron chi connectivity index (χ1n) is 6.28. The van der Waals surface area contributed by atoms with Gasteiger partial charge in [-0.2, -0.15) is 15.2 Å². The summed E-state index contributed by atoms with van der Waals surface area (Å²) in [5.41, 5.74) is -0.282. The van der Waals surface area contributed by atoms with Crippen LogP contribution in [0, 0.1) is 11.3 Å². The van der Waals surface area contributed by atoms with Gasteiger partial charge in [0.1, 0.15) is 17.4 Å². The number of aromatic nitrogens is 2. The highest BCUT2D eigenvalue weighted by molar-refractivity contribution is 6.31. The van der Waals surface area contributed by atoms with Gasteiger partial charge in [0.2, 0.25) is 5.95 Å². The molecule has 108 valence electrons. The number of rotatable bonds is 6. The van der Waals surface area contributed by atoms with Crippen LogP contribution in [0.4, 0.5) is 11.8 Å². The number of halogens is 1. The van der Waals surface area contributed by atoms with E-state index in [0.29, 0.717) is 18.8 Å². The summed E-state index contributed by atoms with van der Waals surface area (Å²) in [6.45, 7) is 7.77. The summed E-state index contributed by atoms with van der Waals surface area (Å²) in [6, 6.07) is 1.97. The van der Waals surface area contributed by atoms with Crippen LogP contribution in [-0.2, 0) is 4.79 Å². The first kappa shape index (κ1) is 16.2. The number of Topliss-reactive ketones (excluding diaryl/α,β-unsaturated/α-hetero) is 1. The fourth-order valence-corrected chi connectivity index (χ4v) is 2.06. The minimum atomic E-state index is -0.493. The first-order valence-corrected chi connectivity index (χ1v) is 6.66. The van der Waals surface area contributed by atoms with E-state index in [9.17, 15) is 4.79 Å². The number of nitrogens with zero attached hydrogens (tertiary/aromatic N) is 3. The summed E-state index contributed by atoms with van der Waals surface area (Å²) in [6.07, 6.45) is 0.338. The van der Waals surface area contributed by atoms with Crippen molar-refractivity contribution in [2.45, 2.75) is 39.7 Å². The Morgan fingerprint density at radius 1 is 1.45 bits per heavy atom. The van der Waals surface area contributed by atoms with E-state index in [1.807, 2.05) is 26.8 Å². The standard InChI is InChI=1S/C13H18ClN5O/c1-5-16-11-9(7-15)10(14)17-12(18-11)19-13(3,4)6-8(2)20/h5-6H2,1-4H3,(H2,16,17,18,19). The number of nitriles is 1. The minimum absolute atomic E-state index is 0.0640. The molecule has 0 unspecified atom stereocenters. The largest absolute Gasteiger partial charge is 0.369 e. The van der Waals surface area contributed by atoms with Gasteiger partial charge in [-0.25, -0.2) is 0 Å². The van der Waals surface area contributed by atoms with Crippen LogP contribution in [0.2, 0.25) is 5.15 Å². The highest BCUT2D eigenvalue weighted by Gasteiger charge is 2.22. The van der Waals surface area contributed by atoms with Gasteiger partial charge in [0.25, 0.3) is 0 Å². The van der Waals surface area contributed by atoms with Gasteiger partial charge in [0, 0.05) is 18.5 Å². The van der Waals surface area contributed by atoms with E-state index in [2.05, 4.69) is 20.6 Å². The second-order valence-corrected chi connectivity index (χ2v) is 5.45. The zero-order chi connectivity index (χ0) is 15.3. The van der Waals surface area contributed by atoms with E-state index in [-0.39, 0.29) is 22.4 Å². The lowest BCUT2D eigenvalue weighted by Gasteiger charge is -2.25. The molecule has 0 aromatic carbocycles. The lowest BCUT2D eigenvalue weighted by atomic mass is 9.99. The molecule has 7 heteroatoms. The van der Waals surface area contributed by atoms with E-state index < -0.39 is 5.54 Å². The van der Waals surface area contributed by atoms with Crippen molar-refractivity contribution in [3.05, 3.63) is 10.7 Å². The maximum atomic E-state index is 11.2. The number of carbonyl (C=O) groups excluding carboxylic acids is 1. The average Bonchev–Trinajstić information content (AvgIpc) is 2.26. The molecule has 0 bridgehead atoms. The molecule has 20 heavy (non-hydrogen) atoms. The van der Waals surface area contributed by atoms with Crippen molar-refractivity contribution < 1.29 is 4.79 Å². The fourth-order valence-electron chi connectivity index (χ4n) is 1.85. The molecule has 0 spiro atoms. The molecule has 1 aromatic rings. The highest BCUT2D eigenvalue weighted by Crippen LogP contribution is 2.24. The maximum Gasteiger partial charge on any atom is 0.226 e. The summed E-state index contributed by atoms with van der Waals surface area (Å²) >= 11 is 5.98. The fraction of sp³-hybridized carbons (Fsp3) is 0.538. The van der Waals surface area contributed by atoms with Gasteiger partial charge in [0.05, 0.1) is 0 Å². The molecule has 2 N–H and O–H groups in total. The number of hydrogen-bond donors (Lipinski definition) is 2. The van der Waals surface area contributed by atoms with Crippen molar-refractivity contribution in [1.29, 1.82) is 5.26 Å². The number of anilines is 2. The predicted molar refractivity (Wildman–Crippen MR) is 78.9 cm³/mol. The van der Waals surface area contributed by atoms with E-state index in [1.165, 1.54) is 6.92 Å². The molecule has 0 saturated carbocycles.